The molecule has 1 rings (SSSR count). The number of hydrogen-bond acceptors (Lipinski definition) is 3. The molecule has 0 radical (unpaired) electrons. The molecule has 0 saturated heterocycles. The summed E-state index contributed by atoms with van der Waals surface area (Å²) < 4.78 is 34.4. The van der Waals surface area contributed by atoms with Gasteiger partial charge in [-0.15, -0.1) is 0 Å². The highest BCUT2D eigenvalue weighted by atomic mass is 19.3. The third-order valence-corrected chi connectivity index (χ3v) is 2.71. The van der Waals surface area contributed by atoms with Gasteiger partial charge < -0.3 is 14.8 Å². The molecule has 1 aromatic carbocycles. The number of rotatable bonds is 8. The van der Waals surface area contributed by atoms with Gasteiger partial charge in [0, 0.05) is 6.54 Å². The van der Waals surface area contributed by atoms with Crippen LogP contribution < -0.4 is 14.8 Å². The molecule has 0 aromatic heterocycles. The van der Waals surface area contributed by atoms with E-state index >= 15 is 0 Å². The first-order chi connectivity index (χ1) is 9.60. The molecule has 0 saturated carbocycles. The topological polar surface area (TPSA) is 30.5 Å². The third kappa shape index (κ3) is 5.17. The zero-order valence-corrected chi connectivity index (χ0v) is 12.1. The van der Waals surface area contributed by atoms with Crippen molar-refractivity contribution in [3.8, 4) is 11.5 Å². The zero-order chi connectivity index (χ0) is 15.0. The number of alkyl halides is 2. The molecule has 0 bridgehead atoms. The number of benzene rings is 1. The lowest BCUT2D eigenvalue weighted by molar-refractivity contribution is -0.0514. The fraction of sp³-hybridized carbons (Fsp3) is 0.467. The molecule has 20 heavy (non-hydrogen) atoms. The van der Waals surface area contributed by atoms with E-state index in [1.807, 2.05) is 13.1 Å². The molecule has 0 aliphatic heterocycles. The number of likely N-dealkylation sites (N-methyl/N-ethyl adjacent to an activating group) is 1. The maximum atomic E-state index is 12.3. The lowest BCUT2D eigenvalue weighted by Gasteiger charge is -2.12. The number of hydrogen-bond donors (Lipinski definition) is 1. The van der Waals surface area contributed by atoms with Crippen LogP contribution in [0.15, 0.2) is 23.8 Å². The van der Waals surface area contributed by atoms with Gasteiger partial charge >= 0.3 is 6.61 Å². The lowest BCUT2D eigenvalue weighted by atomic mass is 10.1. The van der Waals surface area contributed by atoms with Crippen LogP contribution in [0.3, 0.4) is 0 Å². The summed E-state index contributed by atoms with van der Waals surface area (Å²) in [6.45, 7) is 2.19. The van der Waals surface area contributed by atoms with Crippen molar-refractivity contribution in [3.05, 3.63) is 29.3 Å². The number of ether oxygens (including phenoxy) is 2. The summed E-state index contributed by atoms with van der Waals surface area (Å²) in [5.41, 5.74) is 2.12. The second-order valence-corrected chi connectivity index (χ2v) is 4.20. The van der Waals surface area contributed by atoms with Crippen LogP contribution in [0.4, 0.5) is 8.78 Å². The Labute approximate surface area is 118 Å². The highest BCUT2D eigenvalue weighted by molar-refractivity contribution is 5.58. The van der Waals surface area contributed by atoms with Gasteiger partial charge in [-0.2, -0.15) is 8.78 Å². The zero-order valence-electron chi connectivity index (χ0n) is 12.1. The maximum Gasteiger partial charge on any atom is 0.387 e. The summed E-state index contributed by atoms with van der Waals surface area (Å²) in [6.07, 6.45) is 2.94. The smallest absolute Gasteiger partial charge is 0.387 e. The minimum atomic E-state index is -2.86. The van der Waals surface area contributed by atoms with Crippen molar-refractivity contribution >= 4 is 6.08 Å². The van der Waals surface area contributed by atoms with Crippen LogP contribution >= 0.6 is 0 Å². The van der Waals surface area contributed by atoms with Gasteiger partial charge in [0.25, 0.3) is 0 Å². The summed E-state index contributed by atoms with van der Waals surface area (Å²) >= 11 is 0. The van der Waals surface area contributed by atoms with E-state index < -0.39 is 6.61 Å². The summed E-state index contributed by atoms with van der Waals surface area (Å²) in [5.74, 6) is 0.395. The molecule has 1 aromatic rings. The summed E-state index contributed by atoms with van der Waals surface area (Å²) in [7, 11) is 1.88. The quantitative estimate of drug-likeness (QED) is 0.790. The molecule has 0 aliphatic carbocycles. The van der Waals surface area contributed by atoms with Crippen molar-refractivity contribution in [3.63, 3.8) is 0 Å². The molecule has 112 valence electrons. The van der Waals surface area contributed by atoms with Crippen LogP contribution in [0.5, 0.6) is 11.5 Å². The molecular formula is C15H21F2NO2. The Kier molecular flexibility index (Phi) is 7.01. The number of nitrogens with one attached hydrogen (secondary N) is 1. The van der Waals surface area contributed by atoms with E-state index in [-0.39, 0.29) is 5.75 Å². The van der Waals surface area contributed by atoms with E-state index in [2.05, 4.69) is 17.0 Å². The number of halogens is 2. The maximum absolute atomic E-state index is 12.3. The second-order valence-electron chi connectivity index (χ2n) is 4.20. The Morgan fingerprint density at radius 3 is 2.60 bits per heavy atom. The largest absolute Gasteiger partial charge is 0.490 e. The SMILES string of the molecule is CCOc1cc(C=C(CC)CNC)ccc1OC(F)F. The first-order valence-corrected chi connectivity index (χ1v) is 6.66. The highest BCUT2D eigenvalue weighted by Gasteiger charge is 2.11. The molecule has 3 nitrogen and oxygen atoms in total. The molecule has 0 spiro atoms. The molecule has 0 heterocycles. The summed E-state index contributed by atoms with van der Waals surface area (Å²) in [5, 5.41) is 3.09. The van der Waals surface area contributed by atoms with Gasteiger partial charge in [-0.1, -0.05) is 24.6 Å². The van der Waals surface area contributed by atoms with Gasteiger partial charge in [-0.05, 0) is 38.1 Å². The normalized spacial score (nSPS) is 11.8. The standard InChI is InChI=1S/C15H21F2NO2/c1-4-11(10-18-3)8-12-6-7-13(20-15(16)17)14(9-12)19-5-2/h6-9,15,18H,4-5,10H2,1-3H3. The van der Waals surface area contributed by atoms with Gasteiger partial charge in [0.1, 0.15) is 0 Å². The van der Waals surface area contributed by atoms with Crippen molar-refractivity contribution in [2.45, 2.75) is 26.9 Å². The Morgan fingerprint density at radius 1 is 1.30 bits per heavy atom. The third-order valence-electron chi connectivity index (χ3n) is 2.71. The van der Waals surface area contributed by atoms with Crippen molar-refractivity contribution < 1.29 is 18.3 Å². The van der Waals surface area contributed by atoms with Gasteiger partial charge in [0.2, 0.25) is 0 Å². The van der Waals surface area contributed by atoms with Crippen molar-refractivity contribution in [2.24, 2.45) is 0 Å². The molecule has 1 N–H and O–H groups in total. The molecule has 5 heteroatoms. The molecule has 0 atom stereocenters. The summed E-state index contributed by atoms with van der Waals surface area (Å²) in [6, 6.07) is 4.97. The Balaban J connectivity index is 3.02. The molecule has 0 unspecified atom stereocenters. The minimum Gasteiger partial charge on any atom is -0.490 e. The van der Waals surface area contributed by atoms with Gasteiger partial charge in [0.15, 0.2) is 11.5 Å². The Morgan fingerprint density at radius 2 is 2.05 bits per heavy atom. The van der Waals surface area contributed by atoms with Crippen LogP contribution in [0, 0.1) is 0 Å². The Hall–Kier alpha value is -1.62. The van der Waals surface area contributed by atoms with E-state index in [4.69, 9.17) is 4.74 Å². The van der Waals surface area contributed by atoms with Gasteiger partial charge in [-0.3, -0.25) is 0 Å². The van der Waals surface area contributed by atoms with Crippen molar-refractivity contribution in [2.75, 3.05) is 20.2 Å². The van der Waals surface area contributed by atoms with Crippen LogP contribution in [-0.2, 0) is 0 Å². The lowest BCUT2D eigenvalue weighted by Crippen LogP contribution is -2.09. The average molecular weight is 285 g/mol. The predicted molar refractivity (Wildman–Crippen MR) is 76.4 cm³/mol. The second kappa shape index (κ2) is 8.53. The molecular weight excluding hydrogens is 264 g/mol. The van der Waals surface area contributed by atoms with E-state index in [9.17, 15) is 8.78 Å². The van der Waals surface area contributed by atoms with Crippen LogP contribution in [-0.4, -0.2) is 26.8 Å². The van der Waals surface area contributed by atoms with Crippen LogP contribution in [0.2, 0.25) is 0 Å². The van der Waals surface area contributed by atoms with E-state index in [1.165, 1.54) is 11.6 Å². The van der Waals surface area contributed by atoms with Crippen molar-refractivity contribution in [1.29, 1.82) is 0 Å². The highest BCUT2D eigenvalue weighted by Crippen LogP contribution is 2.30. The van der Waals surface area contributed by atoms with Crippen LogP contribution in [0.1, 0.15) is 25.8 Å². The van der Waals surface area contributed by atoms with E-state index in [1.54, 1.807) is 19.1 Å². The van der Waals surface area contributed by atoms with Gasteiger partial charge in [-0.25, -0.2) is 0 Å². The van der Waals surface area contributed by atoms with E-state index in [0.717, 1.165) is 18.5 Å². The monoisotopic (exact) mass is 285 g/mol. The first kappa shape index (κ1) is 16.4. The van der Waals surface area contributed by atoms with Crippen molar-refractivity contribution in [1.82, 2.24) is 5.32 Å². The molecule has 0 aliphatic rings. The average Bonchev–Trinajstić information content (AvgIpc) is 2.41. The van der Waals surface area contributed by atoms with Crippen LogP contribution in [0.25, 0.3) is 6.08 Å². The molecule has 0 fully saturated rings. The summed E-state index contributed by atoms with van der Waals surface area (Å²) in [4.78, 5) is 0. The Bertz CT molecular complexity index is 447. The van der Waals surface area contributed by atoms with Gasteiger partial charge in [0.05, 0.1) is 6.61 Å². The minimum absolute atomic E-state index is 0.0608. The first-order valence-electron chi connectivity index (χ1n) is 6.66. The molecule has 0 amide bonds. The fourth-order valence-corrected chi connectivity index (χ4v) is 1.82. The fourth-order valence-electron chi connectivity index (χ4n) is 1.82. The predicted octanol–water partition coefficient (Wildman–Crippen LogP) is 3.70. The van der Waals surface area contributed by atoms with E-state index in [0.29, 0.717) is 12.4 Å².